The molecule has 2 aromatic rings. The van der Waals surface area contributed by atoms with Crippen molar-refractivity contribution < 1.29 is 32.1 Å². The molecule has 1 heterocycles. The van der Waals surface area contributed by atoms with Crippen LogP contribution in [0.2, 0.25) is 0 Å². The van der Waals surface area contributed by atoms with E-state index in [0.29, 0.717) is 13.0 Å². The molecule has 2 atom stereocenters. The summed E-state index contributed by atoms with van der Waals surface area (Å²) in [5.41, 5.74) is 3.28. The fraction of sp³-hybridized carbons (Fsp3) is 0.333. The number of ether oxygens (including phenoxy) is 1. The molecule has 0 amide bonds. The summed E-state index contributed by atoms with van der Waals surface area (Å²) >= 11 is 0. The van der Waals surface area contributed by atoms with E-state index in [1.54, 1.807) is 31.2 Å². The zero-order valence-corrected chi connectivity index (χ0v) is 17.5. The van der Waals surface area contributed by atoms with Crippen molar-refractivity contribution >= 4 is 21.8 Å². The van der Waals surface area contributed by atoms with Crippen LogP contribution in [0.5, 0.6) is 5.75 Å². The Morgan fingerprint density at radius 2 is 2.00 bits per heavy atom. The fourth-order valence-electron chi connectivity index (χ4n) is 3.15. The van der Waals surface area contributed by atoms with Gasteiger partial charge in [0, 0.05) is 19.4 Å². The molecule has 9 heteroatoms. The highest BCUT2D eigenvalue weighted by Gasteiger charge is 2.25. The van der Waals surface area contributed by atoms with Crippen molar-refractivity contribution in [2.75, 3.05) is 12.9 Å². The Morgan fingerprint density at radius 1 is 1.27 bits per heavy atom. The maximum absolute atomic E-state index is 11.3. The second-order valence-electron chi connectivity index (χ2n) is 6.88. The molecule has 8 nitrogen and oxygen atoms in total. The summed E-state index contributed by atoms with van der Waals surface area (Å²) < 4.78 is 32.5. The van der Waals surface area contributed by atoms with Gasteiger partial charge in [-0.05, 0) is 41.8 Å². The molecule has 0 aromatic heterocycles. The highest BCUT2D eigenvalue weighted by Crippen LogP contribution is 2.31. The minimum Gasteiger partial charge on any atom is -0.479 e. The molecule has 0 aliphatic carbocycles. The molecule has 0 bridgehead atoms. The van der Waals surface area contributed by atoms with Crippen molar-refractivity contribution in [1.29, 1.82) is 0 Å². The molecule has 1 aliphatic rings. The van der Waals surface area contributed by atoms with E-state index < -0.39 is 22.2 Å². The van der Waals surface area contributed by atoms with Crippen LogP contribution in [0.25, 0.3) is 0 Å². The summed E-state index contributed by atoms with van der Waals surface area (Å²) in [7, 11) is -3.58. The lowest BCUT2D eigenvalue weighted by atomic mass is 9.97. The van der Waals surface area contributed by atoms with Gasteiger partial charge < -0.3 is 18.9 Å². The lowest BCUT2D eigenvalue weighted by molar-refractivity contribution is -0.149. The molecular weight excluding hydrogens is 410 g/mol. The second kappa shape index (κ2) is 9.27. The SMILES string of the molecule is CCO[C@H](Cc1cccc(C2=NOC(c3ccc(OS(C)(=O)=O)cc3)C2)c1)C(=O)O. The Hall–Kier alpha value is -2.91. The second-order valence-corrected chi connectivity index (χ2v) is 8.45. The molecule has 0 radical (unpaired) electrons. The van der Waals surface area contributed by atoms with Gasteiger partial charge in [0.05, 0.1) is 12.0 Å². The van der Waals surface area contributed by atoms with E-state index in [0.717, 1.165) is 28.7 Å². The molecule has 3 rings (SSSR count). The lowest BCUT2D eigenvalue weighted by Gasteiger charge is -2.13. The predicted octanol–water partition coefficient (Wildman–Crippen LogP) is 2.92. The number of hydrogen-bond acceptors (Lipinski definition) is 7. The van der Waals surface area contributed by atoms with Gasteiger partial charge in [0.1, 0.15) is 5.75 Å². The third kappa shape index (κ3) is 5.80. The van der Waals surface area contributed by atoms with E-state index in [1.165, 1.54) is 0 Å². The number of carbonyl (C=O) groups is 1. The third-order valence-electron chi connectivity index (χ3n) is 4.49. The van der Waals surface area contributed by atoms with E-state index in [1.807, 2.05) is 24.3 Å². The van der Waals surface area contributed by atoms with Crippen LogP contribution in [0.15, 0.2) is 53.7 Å². The van der Waals surface area contributed by atoms with Gasteiger partial charge in [-0.25, -0.2) is 4.79 Å². The first-order valence-corrected chi connectivity index (χ1v) is 11.2. The summed E-state index contributed by atoms with van der Waals surface area (Å²) in [6.45, 7) is 2.09. The maximum atomic E-state index is 11.3. The largest absolute Gasteiger partial charge is 0.479 e. The fourth-order valence-corrected chi connectivity index (χ4v) is 3.61. The first-order valence-electron chi connectivity index (χ1n) is 9.41. The van der Waals surface area contributed by atoms with Crippen molar-refractivity contribution in [3.05, 3.63) is 65.2 Å². The van der Waals surface area contributed by atoms with E-state index in [2.05, 4.69) is 5.16 Å². The third-order valence-corrected chi connectivity index (χ3v) is 4.99. The highest BCUT2D eigenvalue weighted by molar-refractivity contribution is 7.86. The molecule has 0 spiro atoms. The molecule has 1 N–H and O–H groups in total. The monoisotopic (exact) mass is 433 g/mol. The Morgan fingerprint density at radius 3 is 2.63 bits per heavy atom. The number of aliphatic carboxylic acids is 1. The number of carboxylic acids is 1. The minimum atomic E-state index is -3.58. The molecule has 0 saturated carbocycles. The molecule has 0 saturated heterocycles. The predicted molar refractivity (Wildman–Crippen MR) is 110 cm³/mol. The Bertz CT molecular complexity index is 1030. The highest BCUT2D eigenvalue weighted by atomic mass is 32.2. The summed E-state index contributed by atoms with van der Waals surface area (Å²) in [5.74, 6) is -0.762. The average Bonchev–Trinajstić information content (AvgIpc) is 3.17. The summed E-state index contributed by atoms with van der Waals surface area (Å²) in [6, 6.07) is 14.1. The van der Waals surface area contributed by atoms with E-state index in [-0.39, 0.29) is 18.3 Å². The zero-order valence-electron chi connectivity index (χ0n) is 16.6. The van der Waals surface area contributed by atoms with Gasteiger partial charge in [-0.1, -0.05) is 35.5 Å². The number of hydrogen-bond donors (Lipinski definition) is 1. The number of rotatable bonds is 9. The number of benzene rings is 2. The van der Waals surface area contributed by atoms with E-state index >= 15 is 0 Å². The molecule has 1 aliphatic heterocycles. The summed E-state index contributed by atoms with van der Waals surface area (Å²) in [4.78, 5) is 16.9. The normalized spacial score (nSPS) is 17.1. The molecule has 2 aromatic carbocycles. The van der Waals surface area contributed by atoms with Crippen LogP contribution in [0, 0.1) is 0 Å². The van der Waals surface area contributed by atoms with Crippen molar-refractivity contribution in [3.8, 4) is 5.75 Å². The summed E-state index contributed by atoms with van der Waals surface area (Å²) in [5, 5.41) is 13.5. The van der Waals surface area contributed by atoms with Crippen LogP contribution >= 0.6 is 0 Å². The van der Waals surface area contributed by atoms with Crippen molar-refractivity contribution in [2.45, 2.75) is 32.0 Å². The lowest BCUT2D eigenvalue weighted by Crippen LogP contribution is -2.26. The minimum absolute atomic E-state index is 0.232. The molecule has 1 unspecified atom stereocenters. The Labute approximate surface area is 175 Å². The van der Waals surface area contributed by atoms with E-state index in [9.17, 15) is 18.3 Å². The van der Waals surface area contributed by atoms with Crippen molar-refractivity contribution in [3.63, 3.8) is 0 Å². The smallest absolute Gasteiger partial charge is 0.333 e. The van der Waals surface area contributed by atoms with Crippen LogP contribution in [-0.2, 0) is 30.9 Å². The zero-order chi connectivity index (χ0) is 21.7. The first kappa shape index (κ1) is 21.8. The van der Waals surface area contributed by atoms with Crippen LogP contribution in [0.3, 0.4) is 0 Å². The average molecular weight is 433 g/mol. The standard InChI is InChI=1S/C21H23NO7S/c1-3-27-20(21(23)24)12-14-5-4-6-16(11-14)18-13-19(28-22-18)15-7-9-17(10-8-15)29-30(2,25)26/h4-11,19-20H,3,12-13H2,1-2H3,(H,23,24)/t19?,20-/m1/s1. The Kier molecular flexibility index (Phi) is 6.73. The van der Waals surface area contributed by atoms with Crippen LogP contribution in [0.4, 0.5) is 0 Å². The van der Waals surface area contributed by atoms with Crippen molar-refractivity contribution in [1.82, 2.24) is 0 Å². The molecule has 0 fully saturated rings. The van der Waals surface area contributed by atoms with Crippen LogP contribution in [-0.4, -0.2) is 44.2 Å². The van der Waals surface area contributed by atoms with Gasteiger partial charge >= 0.3 is 16.1 Å². The molecule has 30 heavy (non-hydrogen) atoms. The topological polar surface area (TPSA) is 111 Å². The number of oxime groups is 1. The van der Waals surface area contributed by atoms with E-state index in [4.69, 9.17) is 13.8 Å². The summed E-state index contributed by atoms with van der Waals surface area (Å²) in [6.07, 6.45) is 0.584. The van der Waals surface area contributed by atoms with Crippen molar-refractivity contribution in [2.24, 2.45) is 5.16 Å². The number of carboxylic acid groups (broad SMARTS) is 1. The molecule has 160 valence electrons. The van der Waals surface area contributed by atoms with Gasteiger partial charge in [-0.15, -0.1) is 0 Å². The first-order chi connectivity index (χ1) is 14.2. The van der Waals surface area contributed by atoms with Gasteiger partial charge in [0.2, 0.25) is 0 Å². The Balaban J connectivity index is 1.67. The van der Waals surface area contributed by atoms with Gasteiger partial charge in [-0.3, -0.25) is 0 Å². The van der Waals surface area contributed by atoms with Gasteiger partial charge in [0.25, 0.3) is 0 Å². The maximum Gasteiger partial charge on any atom is 0.333 e. The quantitative estimate of drug-likeness (QED) is 0.605. The van der Waals surface area contributed by atoms with Crippen LogP contribution in [0.1, 0.15) is 36.1 Å². The molecular formula is C21H23NO7S. The number of nitrogens with zero attached hydrogens (tertiary/aromatic N) is 1. The van der Waals surface area contributed by atoms with Crippen LogP contribution < -0.4 is 4.18 Å². The van der Waals surface area contributed by atoms with Gasteiger partial charge in [-0.2, -0.15) is 8.42 Å². The van der Waals surface area contributed by atoms with Gasteiger partial charge in [0.15, 0.2) is 12.2 Å².